The van der Waals surface area contributed by atoms with Crippen LogP contribution in [0.4, 0.5) is 49.1 Å². The minimum atomic E-state index is -0.939. The quantitative estimate of drug-likeness (QED) is 0.0303. The second-order valence-corrected chi connectivity index (χ2v) is 45.5. The molecule has 11 aliphatic rings. The Morgan fingerprint density at radius 1 is 0.444 bits per heavy atom. The van der Waals surface area contributed by atoms with Gasteiger partial charge in [-0.3, -0.25) is 48.3 Å². The van der Waals surface area contributed by atoms with Gasteiger partial charge in [0.1, 0.15) is 34.9 Å². The fraction of sp³-hybridized carbons (Fsp3) is 0.495. The van der Waals surface area contributed by atoms with E-state index in [4.69, 9.17) is 46.4 Å². The van der Waals surface area contributed by atoms with E-state index in [2.05, 4.69) is 84.7 Å². The maximum absolute atomic E-state index is 15.0. The Bertz CT molecular complexity index is 6160. The first-order valence-corrected chi connectivity index (χ1v) is 51.4. The van der Waals surface area contributed by atoms with E-state index in [-0.39, 0.29) is 81.4 Å². The number of aryl methyl sites for hydroxylation is 4. The summed E-state index contributed by atoms with van der Waals surface area (Å²) in [6.45, 7) is 39.0. The third kappa shape index (κ3) is 22.4. The Morgan fingerprint density at radius 2 is 0.792 bits per heavy atom. The number of rotatable bonds is 14. The second kappa shape index (κ2) is 44.0. The van der Waals surface area contributed by atoms with Crippen molar-refractivity contribution >= 4 is 137 Å². The highest BCUT2D eigenvalue weighted by atomic mass is 35.5. The van der Waals surface area contributed by atoms with Gasteiger partial charge in [-0.15, -0.1) is 12.4 Å². The number of anilines is 4. The van der Waals surface area contributed by atoms with Gasteiger partial charge in [0.15, 0.2) is 0 Å². The molecule has 35 heteroatoms. The number of likely N-dealkylation sites (tertiary alicyclic amines) is 5. The number of fused-ring (bicyclic) bond motifs is 8. The van der Waals surface area contributed by atoms with Crippen molar-refractivity contribution < 1.29 is 75.1 Å². The summed E-state index contributed by atoms with van der Waals surface area (Å²) >= 11 is 25.6. The van der Waals surface area contributed by atoms with Gasteiger partial charge < -0.3 is 60.7 Å². The number of hydrogen-bond acceptors (Lipinski definition) is 15. The van der Waals surface area contributed by atoms with Crippen LogP contribution in [0.25, 0.3) is 0 Å². The van der Waals surface area contributed by atoms with Crippen molar-refractivity contribution in [3.8, 4) is 0 Å². The van der Waals surface area contributed by atoms with Gasteiger partial charge in [-0.25, -0.2) is 26.3 Å². The maximum atomic E-state index is 15.0. The van der Waals surface area contributed by atoms with Crippen molar-refractivity contribution in [2.45, 2.75) is 224 Å². The number of carboxylic acids is 1. The van der Waals surface area contributed by atoms with Crippen molar-refractivity contribution in [1.29, 1.82) is 0 Å². The summed E-state index contributed by atoms with van der Waals surface area (Å²) in [4.78, 5) is 108. The Labute approximate surface area is 868 Å². The minimum Gasteiger partial charge on any atom is -0.481 e. The maximum Gasteiger partial charge on any atom is 0.376 e. The molecule has 0 saturated carbocycles. The summed E-state index contributed by atoms with van der Waals surface area (Å²) in [6.07, 6.45) is 5.73. The number of amides is 6. The number of carbonyl (C=O) groups is 7. The molecule has 8 aromatic carbocycles. The van der Waals surface area contributed by atoms with Crippen molar-refractivity contribution in [2.24, 2.45) is 17.8 Å². The molecule has 11 heterocycles. The fourth-order valence-corrected chi connectivity index (χ4v) is 23.9. The Balaban J connectivity index is 0.000000148. The van der Waals surface area contributed by atoms with Crippen LogP contribution in [0.5, 0.6) is 0 Å². The average Bonchev–Trinajstić information content (AvgIpc) is 1.56. The number of carboxylic acid groups (broad SMARTS) is 1. The lowest BCUT2D eigenvalue weighted by Gasteiger charge is -2.40. The highest BCUT2D eigenvalue weighted by Gasteiger charge is 2.58. The van der Waals surface area contributed by atoms with Crippen LogP contribution >= 0.6 is 58.8 Å². The van der Waals surface area contributed by atoms with E-state index in [1.807, 2.05) is 145 Å². The lowest BCUT2D eigenvalue weighted by molar-refractivity contribution is -0.142. The standard InChI is InChI=1S/C32H42BClF2N4O3.C28H32ClF2N3O2.C21H24BClN2O2.C15H19F2NO2.C13H15ClN2O.ClH/c1-20-15-28-25(17-26(20)34)32(30(42)40(28)12-6-11-37-33(5)43)9-13-38(14-10-32)29(41)24-19-39(31(2,3)4)18-23(24)22-8-7-21(35)16-27(22)36;1-16-11-24-21(13-22(16)29)28(26(36)32-24)7-9-33(10-8-28)25(35)20-15-34(27(2,3)4)14-19(20)18-6-5-17(30)12-23(18)31;1-15-12-19-17(13-18(15)23)21(8-10-24(11-9-21)22(2)27)20(26)25(19)14-16-6-4-3-5-7-16;1-15(2,3)18-7-11(12(8-18)14(19)20)10-5-4-9(16)6-13(10)17;1-8-6-11-9(7-10(8)14)13(12(17)16-11)2-4-15-5-3-13;/h7-8,15-17,23-24,37,43H,6,9-14,18-19H2,1-5H3;5-6,11-13,19-20H,7-10,14-15H2,1-4H3,(H,32,36);3-7,12-13,27H,8-11,14H2,1-2H3;4-6,11-12H,7-8H2,1-3H3,(H,19,20);6-7,15H,2-5H2,1H3,(H,16,17);1H/t23-,24+;19-,20+;;11-,12+;;/m00.0../s1. The van der Waals surface area contributed by atoms with Crippen LogP contribution in [0.3, 0.4) is 0 Å². The van der Waals surface area contributed by atoms with Gasteiger partial charge >= 0.3 is 20.1 Å². The third-order valence-electron chi connectivity index (χ3n) is 32.0. The predicted octanol–water partition coefficient (Wildman–Crippen LogP) is 19.1. The molecule has 144 heavy (non-hydrogen) atoms. The van der Waals surface area contributed by atoms with E-state index >= 15 is 0 Å². The Morgan fingerprint density at radius 3 is 1.17 bits per heavy atom. The number of hydrogen-bond donors (Lipinski definition) is 7. The van der Waals surface area contributed by atoms with Gasteiger partial charge in [-0.1, -0.05) is 94.9 Å². The van der Waals surface area contributed by atoms with Crippen LogP contribution in [0.2, 0.25) is 33.7 Å². The average molecular weight is 2080 g/mol. The zero-order chi connectivity index (χ0) is 104. The summed E-state index contributed by atoms with van der Waals surface area (Å²) in [6, 6.07) is 36.4. The number of nitrogens with one attached hydrogen (secondary N) is 4. The van der Waals surface area contributed by atoms with Crippen LogP contribution in [0.15, 0.2) is 133 Å². The van der Waals surface area contributed by atoms with Crippen molar-refractivity contribution in [2.75, 3.05) is 125 Å². The predicted molar refractivity (Wildman–Crippen MR) is 560 cm³/mol. The van der Waals surface area contributed by atoms with Crippen LogP contribution in [0, 0.1) is 80.4 Å². The van der Waals surface area contributed by atoms with Crippen LogP contribution in [0.1, 0.15) is 205 Å². The molecule has 8 aromatic rings. The molecule has 0 aromatic heterocycles. The number of nitrogens with zero attached hydrogens (tertiary/aromatic N) is 8. The van der Waals surface area contributed by atoms with Crippen LogP contribution in [-0.2, 0) is 61.8 Å². The number of carbonyl (C=O) groups excluding carboxylic acids is 6. The van der Waals surface area contributed by atoms with Gasteiger partial charge in [0.2, 0.25) is 35.4 Å². The zero-order valence-electron chi connectivity index (χ0n) is 84.7. The van der Waals surface area contributed by atoms with E-state index in [1.165, 1.54) is 36.4 Å². The molecule has 0 unspecified atom stereocenters. The van der Waals surface area contributed by atoms with E-state index in [9.17, 15) is 75.1 Å². The van der Waals surface area contributed by atoms with Gasteiger partial charge in [0.05, 0.1) is 46.0 Å². The fourth-order valence-electron chi connectivity index (χ4n) is 23.2. The monoisotopic (exact) mass is 2080 g/mol. The third-order valence-corrected chi connectivity index (χ3v) is 33.6. The van der Waals surface area contributed by atoms with Crippen molar-refractivity contribution in [3.63, 3.8) is 0 Å². The van der Waals surface area contributed by atoms with Gasteiger partial charge in [0, 0.05) is 167 Å². The van der Waals surface area contributed by atoms with Gasteiger partial charge in [0.25, 0.3) is 0 Å². The molecular weight excluding hydrogens is 1950 g/mol. The molecule has 6 amide bonds. The first-order valence-electron chi connectivity index (χ1n) is 49.9. The summed E-state index contributed by atoms with van der Waals surface area (Å²) in [5, 5.41) is 43.8. The summed E-state index contributed by atoms with van der Waals surface area (Å²) < 4.78 is 84.1. The molecule has 4 spiro atoms. The number of aliphatic carboxylic acids is 1. The number of halogens is 11. The van der Waals surface area contributed by atoms with Crippen LogP contribution in [-0.4, -0.2) is 221 Å². The molecule has 22 nitrogen and oxygen atoms in total. The molecule has 0 radical (unpaired) electrons. The van der Waals surface area contributed by atoms with Gasteiger partial charge in [-0.05, 0) is 328 Å². The van der Waals surface area contributed by atoms with Crippen molar-refractivity contribution in [1.82, 2.24) is 39.9 Å². The smallest absolute Gasteiger partial charge is 0.376 e. The lowest BCUT2D eigenvalue weighted by atomic mass is 9.70. The Hall–Kier alpha value is -9.11. The molecule has 7 saturated heterocycles. The molecule has 772 valence electrons. The first kappa shape index (κ1) is 111. The van der Waals surface area contributed by atoms with E-state index in [0.29, 0.717) is 169 Å². The molecule has 6 atom stereocenters. The summed E-state index contributed by atoms with van der Waals surface area (Å²) in [5.74, 6) is -7.39. The lowest BCUT2D eigenvalue weighted by Crippen LogP contribution is -2.52. The largest absolute Gasteiger partial charge is 0.481 e. The SMILES string of the molecule is CB(O)N1CCC2(CC1)C(=O)N(Cc1ccccc1)c1cc(C)c(Cl)cc12.CB(O)NCCCN1C(=O)C2(CCN(C(=O)[C@@H]3CN(C(C)(C)C)C[C@H]3c3ccc(F)cc3F)CC2)c2cc(Cl)c(C)cc21.CC(C)(C)N1C[C@@H](C(=O)O)[C@H](c2ccc(F)cc2F)C1.Cc1cc2c(cc1Cl)C1(CCN(C(=O)[C@@H]3CN(C(C)(C)C)C[C@H]3c3ccc(F)cc3F)CC1)C(=O)N2.Cc1cc2c(cc1Cl)C1(CCNCC1)C(=O)N2.Cl. The number of piperidine rings is 4. The second-order valence-electron chi connectivity index (χ2n) is 43.9. The van der Waals surface area contributed by atoms with Crippen LogP contribution < -0.4 is 31.0 Å². The zero-order valence-corrected chi connectivity index (χ0v) is 88.5. The first-order chi connectivity index (χ1) is 67.4. The van der Waals surface area contributed by atoms with E-state index in [1.54, 1.807) is 13.6 Å². The topological polar surface area (TPSA) is 254 Å². The molecule has 7 N–H and O–H groups in total. The highest BCUT2D eigenvalue weighted by molar-refractivity contribution is 6.45. The molecule has 19 rings (SSSR count). The molecule has 11 aliphatic heterocycles. The normalized spacial score (nSPS) is 21.9. The van der Waals surface area contributed by atoms with Gasteiger partial charge in [-0.2, -0.15) is 0 Å². The summed E-state index contributed by atoms with van der Waals surface area (Å²) in [5.41, 5.74) is 10.5. The van der Waals surface area contributed by atoms with E-state index < -0.39 is 101 Å². The highest BCUT2D eigenvalue weighted by Crippen LogP contribution is 2.55. The van der Waals surface area contributed by atoms with E-state index in [0.717, 1.165) is 122 Å². The molecular formula is C109H133B2Cl5F6N12O10. The Kier molecular flexibility index (Phi) is 33.8. The molecule has 7 fully saturated rings. The minimum absolute atomic E-state index is 0. The summed E-state index contributed by atoms with van der Waals surface area (Å²) in [7, 11) is -1.11. The van der Waals surface area contributed by atoms with Crippen molar-refractivity contribution in [3.05, 3.63) is 255 Å². The number of benzene rings is 8. The molecule has 0 aliphatic carbocycles. The molecule has 0 bridgehead atoms.